The van der Waals surface area contributed by atoms with Crippen LogP contribution in [0.1, 0.15) is 46.1 Å². The van der Waals surface area contributed by atoms with Crippen molar-refractivity contribution in [3.63, 3.8) is 0 Å². The Bertz CT molecular complexity index is 389. The van der Waals surface area contributed by atoms with E-state index < -0.39 is 0 Å². The quantitative estimate of drug-likeness (QED) is 0.824. The van der Waals surface area contributed by atoms with Gasteiger partial charge in [0.05, 0.1) is 5.02 Å². The van der Waals surface area contributed by atoms with E-state index in [4.69, 9.17) is 11.6 Å². The molecule has 0 fully saturated rings. The van der Waals surface area contributed by atoms with Gasteiger partial charge in [-0.2, -0.15) is 0 Å². The summed E-state index contributed by atoms with van der Waals surface area (Å²) in [5, 5.41) is 4.13. The van der Waals surface area contributed by atoms with Crippen molar-refractivity contribution in [3.05, 3.63) is 22.8 Å². The Kier molecular flexibility index (Phi) is 6.59. The van der Waals surface area contributed by atoms with Crippen LogP contribution >= 0.6 is 11.6 Å². The Labute approximate surface area is 122 Å². The summed E-state index contributed by atoms with van der Waals surface area (Å²) in [6.45, 7) is 9.46. The van der Waals surface area contributed by atoms with E-state index in [0.29, 0.717) is 12.1 Å². The predicted molar refractivity (Wildman–Crippen MR) is 84.0 cm³/mol. The minimum absolute atomic E-state index is 0.449. The molecule has 4 heteroatoms. The van der Waals surface area contributed by atoms with Gasteiger partial charge in [0, 0.05) is 31.9 Å². The van der Waals surface area contributed by atoms with Gasteiger partial charge in [-0.1, -0.05) is 39.3 Å². The number of rotatable bonds is 7. The fraction of sp³-hybridized carbons (Fsp3) is 0.667. The molecule has 0 aromatic carbocycles. The Morgan fingerprint density at radius 1 is 1.32 bits per heavy atom. The minimum atomic E-state index is 0.449. The Hall–Kier alpha value is -0.800. The van der Waals surface area contributed by atoms with Gasteiger partial charge in [-0.15, -0.1) is 0 Å². The van der Waals surface area contributed by atoms with Crippen molar-refractivity contribution in [2.75, 3.05) is 11.9 Å². The van der Waals surface area contributed by atoms with Crippen LogP contribution in [-0.4, -0.2) is 24.1 Å². The summed E-state index contributed by atoms with van der Waals surface area (Å²) in [5.41, 5.74) is 1.11. The molecule has 1 aromatic rings. The van der Waals surface area contributed by atoms with Crippen LogP contribution < -0.4 is 10.2 Å². The Balaban J connectivity index is 2.88. The number of aromatic nitrogens is 1. The number of anilines is 1. The predicted octanol–water partition coefficient (Wildman–Crippen LogP) is 3.86. The first-order valence-electron chi connectivity index (χ1n) is 7.10. The number of pyridine rings is 1. The largest absolute Gasteiger partial charge is 0.357 e. The number of hydrogen-bond donors (Lipinski definition) is 1. The second kappa shape index (κ2) is 7.71. The highest BCUT2D eigenvalue weighted by atomic mass is 35.5. The van der Waals surface area contributed by atoms with Gasteiger partial charge >= 0.3 is 0 Å². The van der Waals surface area contributed by atoms with Gasteiger partial charge in [0.15, 0.2) is 0 Å². The molecular weight excluding hydrogens is 258 g/mol. The molecule has 1 heterocycles. The molecule has 1 aromatic heterocycles. The van der Waals surface area contributed by atoms with Gasteiger partial charge in [-0.25, -0.2) is 4.98 Å². The lowest BCUT2D eigenvalue weighted by atomic mass is 10.1. The number of nitrogens with zero attached hydrogens (tertiary/aromatic N) is 2. The van der Waals surface area contributed by atoms with Crippen LogP contribution in [0.3, 0.4) is 0 Å². The summed E-state index contributed by atoms with van der Waals surface area (Å²) in [4.78, 5) is 6.69. The van der Waals surface area contributed by atoms with Crippen LogP contribution in [0.15, 0.2) is 12.3 Å². The van der Waals surface area contributed by atoms with E-state index in [-0.39, 0.29) is 0 Å². The van der Waals surface area contributed by atoms with Crippen molar-refractivity contribution in [1.82, 2.24) is 10.3 Å². The lowest BCUT2D eigenvalue weighted by Crippen LogP contribution is -2.31. The van der Waals surface area contributed by atoms with Gasteiger partial charge in [0.2, 0.25) is 0 Å². The highest BCUT2D eigenvalue weighted by molar-refractivity contribution is 6.31. The van der Waals surface area contributed by atoms with Crippen molar-refractivity contribution in [3.8, 4) is 0 Å². The molecule has 0 atom stereocenters. The van der Waals surface area contributed by atoms with Crippen LogP contribution in [0, 0.1) is 0 Å². The summed E-state index contributed by atoms with van der Waals surface area (Å²) >= 11 is 6.21. The molecule has 0 amide bonds. The van der Waals surface area contributed by atoms with Gasteiger partial charge in [0.25, 0.3) is 0 Å². The zero-order valence-corrected chi connectivity index (χ0v) is 13.5. The van der Waals surface area contributed by atoms with E-state index in [1.165, 1.54) is 0 Å². The Morgan fingerprint density at radius 2 is 1.95 bits per heavy atom. The molecule has 1 N–H and O–H groups in total. The molecule has 0 aliphatic heterocycles. The summed E-state index contributed by atoms with van der Waals surface area (Å²) in [5.74, 6) is 0.999. The van der Waals surface area contributed by atoms with Crippen molar-refractivity contribution in [1.29, 1.82) is 0 Å². The van der Waals surface area contributed by atoms with Crippen LogP contribution in [-0.2, 0) is 6.54 Å². The molecule has 0 saturated carbocycles. The molecular formula is C15H26ClN3. The molecule has 0 saturated heterocycles. The van der Waals surface area contributed by atoms with Gasteiger partial charge in [-0.3, -0.25) is 0 Å². The molecule has 0 unspecified atom stereocenters. The summed E-state index contributed by atoms with van der Waals surface area (Å²) in [6.07, 6.45) is 4.00. The van der Waals surface area contributed by atoms with Gasteiger partial charge < -0.3 is 10.2 Å². The van der Waals surface area contributed by atoms with Crippen molar-refractivity contribution < 1.29 is 0 Å². The average molecular weight is 284 g/mol. The molecule has 1 rings (SSSR count). The minimum Gasteiger partial charge on any atom is -0.357 e. The maximum Gasteiger partial charge on any atom is 0.128 e. The van der Waals surface area contributed by atoms with Crippen molar-refractivity contribution in [2.45, 2.75) is 59.2 Å². The third-order valence-corrected chi connectivity index (χ3v) is 3.81. The maximum absolute atomic E-state index is 6.21. The third-order valence-electron chi connectivity index (χ3n) is 3.47. The zero-order chi connectivity index (χ0) is 14.4. The SMILES string of the molecule is CCC(CC)N(C)c1cc(CNC(C)C)c(Cl)cn1. The molecule has 3 nitrogen and oxygen atoms in total. The number of halogens is 1. The molecule has 0 aliphatic carbocycles. The molecule has 0 radical (unpaired) electrons. The van der Waals surface area contributed by atoms with Gasteiger partial charge in [0.1, 0.15) is 5.82 Å². The van der Waals surface area contributed by atoms with Crippen LogP contribution in [0.5, 0.6) is 0 Å². The molecule has 108 valence electrons. The van der Waals surface area contributed by atoms with E-state index in [2.05, 4.69) is 56.0 Å². The normalized spacial score (nSPS) is 11.4. The smallest absolute Gasteiger partial charge is 0.128 e. The lowest BCUT2D eigenvalue weighted by molar-refractivity contribution is 0.580. The van der Waals surface area contributed by atoms with Crippen LogP contribution in [0.25, 0.3) is 0 Å². The first-order valence-corrected chi connectivity index (χ1v) is 7.47. The second-order valence-corrected chi connectivity index (χ2v) is 5.66. The number of nitrogens with one attached hydrogen (secondary N) is 1. The van der Waals surface area contributed by atoms with E-state index in [1.807, 2.05) is 0 Å². The molecule has 0 bridgehead atoms. The average Bonchev–Trinajstić information content (AvgIpc) is 2.38. The molecule has 19 heavy (non-hydrogen) atoms. The maximum atomic E-state index is 6.21. The van der Waals surface area contributed by atoms with Gasteiger partial charge in [-0.05, 0) is 24.5 Å². The monoisotopic (exact) mass is 283 g/mol. The topological polar surface area (TPSA) is 28.2 Å². The lowest BCUT2D eigenvalue weighted by Gasteiger charge is -2.27. The first-order chi connectivity index (χ1) is 8.99. The van der Waals surface area contributed by atoms with Crippen LogP contribution in [0.2, 0.25) is 5.02 Å². The van der Waals surface area contributed by atoms with Crippen molar-refractivity contribution >= 4 is 17.4 Å². The molecule has 0 aliphatic rings. The van der Waals surface area contributed by atoms with Crippen LogP contribution in [0.4, 0.5) is 5.82 Å². The summed E-state index contributed by atoms with van der Waals surface area (Å²) in [7, 11) is 2.10. The van der Waals surface area contributed by atoms with E-state index >= 15 is 0 Å². The highest BCUT2D eigenvalue weighted by Crippen LogP contribution is 2.22. The zero-order valence-electron chi connectivity index (χ0n) is 12.7. The van der Waals surface area contributed by atoms with E-state index in [9.17, 15) is 0 Å². The van der Waals surface area contributed by atoms with Crippen molar-refractivity contribution in [2.24, 2.45) is 0 Å². The standard InChI is InChI=1S/C15H26ClN3/c1-6-13(7-2)19(5)15-8-12(9-17-11(3)4)14(16)10-18-15/h8,10-11,13,17H,6-7,9H2,1-5H3. The molecule has 0 spiro atoms. The fourth-order valence-corrected chi connectivity index (χ4v) is 2.30. The fourth-order valence-electron chi connectivity index (χ4n) is 2.13. The highest BCUT2D eigenvalue weighted by Gasteiger charge is 2.14. The summed E-state index contributed by atoms with van der Waals surface area (Å²) < 4.78 is 0. The number of hydrogen-bond acceptors (Lipinski definition) is 3. The van der Waals surface area contributed by atoms with E-state index in [1.54, 1.807) is 6.20 Å². The third kappa shape index (κ3) is 4.66. The Morgan fingerprint density at radius 3 is 2.47 bits per heavy atom. The van der Waals surface area contributed by atoms with E-state index in [0.717, 1.165) is 35.8 Å². The first kappa shape index (κ1) is 16.3. The second-order valence-electron chi connectivity index (χ2n) is 5.25. The summed E-state index contributed by atoms with van der Waals surface area (Å²) in [6, 6.07) is 3.07.